The molecule has 1 aromatic carbocycles. The summed E-state index contributed by atoms with van der Waals surface area (Å²) in [5, 5.41) is 2.01. The first-order valence-electron chi connectivity index (χ1n) is 8.60. The maximum Gasteiger partial charge on any atom is 0.229 e. The minimum atomic E-state index is -0.0206. The largest absolute Gasteiger partial charge is 0.467 e. The summed E-state index contributed by atoms with van der Waals surface area (Å²) in [4.78, 5) is 20.3. The molecule has 0 unspecified atom stereocenters. The van der Waals surface area contributed by atoms with Crippen molar-refractivity contribution in [2.24, 2.45) is 0 Å². The van der Waals surface area contributed by atoms with E-state index in [0.717, 1.165) is 16.2 Å². The molecule has 3 aromatic heterocycles. The van der Waals surface area contributed by atoms with Crippen LogP contribution in [0.15, 0.2) is 81.3 Å². The highest BCUT2D eigenvalue weighted by atomic mass is 32.1. The van der Waals surface area contributed by atoms with Gasteiger partial charge >= 0.3 is 0 Å². The second-order valence-corrected chi connectivity index (χ2v) is 7.13. The molecule has 136 valence electrons. The van der Waals surface area contributed by atoms with Crippen molar-refractivity contribution in [3.8, 4) is 11.5 Å². The zero-order chi connectivity index (χ0) is 18.5. The molecule has 0 aliphatic carbocycles. The van der Waals surface area contributed by atoms with Crippen molar-refractivity contribution in [2.45, 2.75) is 19.5 Å². The van der Waals surface area contributed by atoms with E-state index in [2.05, 4.69) is 4.98 Å². The second kappa shape index (κ2) is 8.05. The van der Waals surface area contributed by atoms with E-state index in [1.807, 2.05) is 60.0 Å². The van der Waals surface area contributed by atoms with Crippen LogP contribution in [0.2, 0.25) is 0 Å². The molecule has 0 aliphatic heterocycles. The van der Waals surface area contributed by atoms with Crippen LogP contribution in [0.4, 0.5) is 0 Å². The fourth-order valence-corrected chi connectivity index (χ4v) is 3.50. The zero-order valence-electron chi connectivity index (χ0n) is 14.6. The number of rotatable bonds is 7. The molecule has 0 fully saturated rings. The highest BCUT2D eigenvalue weighted by Crippen LogP contribution is 2.20. The number of benzene rings is 1. The highest BCUT2D eigenvalue weighted by Gasteiger charge is 2.19. The van der Waals surface area contributed by atoms with E-state index in [-0.39, 0.29) is 12.3 Å². The summed E-state index contributed by atoms with van der Waals surface area (Å²) in [5.74, 6) is 1.26. The number of hydrogen-bond acceptors (Lipinski definition) is 5. The zero-order valence-corrected chi connectivity index (χ0v) is 15.4. The number of thiophene rings is 1. The summed E-state index contributed by atoms with van der Waals surface area (Å²) in [7, 11) is 0. The van der Waals surface area contributed by atoms with Gasteiger partial charge in [0.1, 0.15) is 12.0 Å². The Morgan fingerprint density at radius 2 is 1.89 bits per heavy atom. The Hall–Kier alpha value is -3.12. The summed E-state index contributed by atoms with van der Waals surface area (Å²) in [5.41, 5.74) is 1.51. The summed E-state index contributed by atoms with van der Waals surface area (Å²) in [6.45, 7) is 0.966. The van der Waals surface area contributed by atoms with Gasteiger partial charge < -0.3 is 13.7 Å². The van der Waals surface area contributed by atoms with E-state index in [1.165, 1.54) is 0 Å². The highest BCUT2D eigenvalue weighted by molar-refractivity contribution is 7.09. The van der Waals surface area contributed by atoms with Gasteiger partial charge in [-0.15, -0.1) is 11.3 Å². The van der Waals surface area contributed by atoms with E-state index in [4.69, 9.17) is 8.83 Å². The topological polar surface area (TPSA) is 59.5 Å². The summed E-state index contributed by atoms with van der Waals surface area (Å²) >= 11 is 1.63. The number of furan rings is 1. The number of carbonyl (C=O) groups excluding carboxylic acids is 1. The molecule has 0 spiro atoms. The number of hydrogen-bond donors (Lipinski definition) is 0. The number of amides is 1. The number of oxazole rings is 1. The first-order valence-corrected chi connectivity index (χ1v) is 9.48. The predicted molar refractivity (Wildman–Crippen MR) is 103 cm³/mol. The van der Waals surface area contributed by atoms with Gasteiger partial charge in [-0.25, -0.2) is 4.98 Å². The molecule has 0 saturated heterocycles. The fourth-order valence-electron chi connectivity index (χ4n) is 2.78. The Kier molecular flexibility index (Phi) is 5.16. The van der Waals surface area contributed by atoms with Crippen molar-refractivity contribution in [2.75, 3.05) is 0 Å². The predicted octanol–water partition coefficient (Wildman–Crippen LogP) is 4.77. The van der Waals surface area contributed by atoms with Crippen molar-refractivity contribution in [1.29, 1.82) is 0 Å². The minimum Gasteiger partial charge on any atom is -0.467 e. The van der Waals surface area contributed by atoms with Gasteiger partial charge in [-0.05, 0) is 35.7 Å². The maximum absolute atomic E-state index is 12.9. The molecule has 3 heterocycles. The fraction of sp³-hybridized carbons (Fsp3) is 0.143. The summed E-state index contributed by atoms with van der Waals surface area (Å²) < 4.78 is 11.0. The lowest BCUT2D eigenvalue weighted by Crippen LogP contribution is -2.31. The molecule has 0 radical (unpaired) electrons. The molecule has 1 amide bonds. The Morgan fingerprint density at radius 1 is 1.00 bits per heavy atom. The molecule has 27 heavy (non-hydrogen) atoms. The normalized spacial score (nSPS) is 10.8. The van der Waals surface area contributed by atoms with E-state index in [1.54, 1.807) is 28.8 Å². The van der Waals surface area contributed by atoms with Crippen LogP contribution in [0.25, 0.3) is 11.5 Å². The average molecular weight is 378 g/mol. The van der Waals surface area contributed by atoms with Crippen molar-refractivity contribution in [1.82, 2.24) is 9.88 Å². The molecule has 4 aromatic rings. The van der Waals surface area contributed by atoms with Gasteiger partial charge in [0, 0.05) is 10.4 Å². The lowest BCUT2D eigenvalue weighted by atomic mass is 10.2. The standard InChI is InChI=1S/C21H18N2O3S/c24-20(12-17-15-26-21(22-17)16-6-2-1-3-7-16)23(13-18-8-4-10-25-18)14-19-9-5-11-27-19/h1-11,15H,12-14H2. The van der Waals surface area contributed by atoms with Gasteiger partial charge in [0.25, 0.3) is 0 Å². The second-order valence-electron chi connectivity index (χ2n) is 6.10. The van der Waals surface area contributed by atoms with Gasteiger partial charge in [-0.3, -0.25) is 4.79 Å². The quantitative estimate of drug-likeness (QED) is 0.465. The molecule has 5 nitrogen and oxygen atoms in total. The van der Waals surface area contributed by atoms with Crippen molar-refractivity contribution >= 4 is 17.2 Å². The van der Waals surface area contributed by atoms with Gasteiger partial charge in [-0.1, -0.05) is 24.3 Å². The van der Waals surface area contributed by atoms with Gasteiger partial charge in [-0.2, -0.15) is 0 Å². The van der Waals surface area contributed by atoms with E-state index < -0.39 is 0 Å². The van der Waals surface area contributed by atoms with Crippen LogP contribution in [0.5, 0.6) is 0 Å². The van der Waals surface area contributed by atoms with Crippen molar-refractivity contribution < 1.29 is 13.6 Å². The van der Waals surface area contributed by atoms with E-state index in [0.29, 0.717) is 24.7 Å². The first kappa shape index (κ1) is 17.3. The molecular weight excluding hydrogens is 360 g/mol. The Balaban J connectivity index is 1.48. The molecule has 0 atom stereocenters. The van der Waals surface area contributed by atoms with Crippen LogP contribution in [0.3, 0.4) is 0 Å². The smallest absolute Gasteiger partial charge is 0.229 e. The molecule has 4 rings (SSSR count). The monoisotopic (exact) mass is 378 g/mol. The van der Waals surface area contributed by atoms with E-state index >= 15 is 0 Å². The number of aromatic nitrogens is 1. The van der Waals surface area contributed by atoms with Gasteiger partial charge in [0.05, 0.1) is 31.5 Å². The Bertz CT molecular complexity index is 940. The van der Waals surface area contributed by atoms with Crippen LogP contribution in [0.1, 0.15) is 16.3 Å². The first-order chi connectivity index (χ1) is 13.3. The SMILES string of the molecule is O=C(Cc1coc(-c2ccccc2)n1)N(Cc1ccco1)Cc1cccs1. The molecule has 0 saturated carbocycles. The lowest BCUT2D eigenvalue weighted by Gasteiger charge is -2.20. The van der Waals surface area contributed by atoms with Crippen LogP contribution >= 0.6 is 11.3 Å². The molecule has 6 heteroatoms. The third-order valence-corrected chi connectivity index (χ3v) is 4.97. The molecule has 0 aliphatic rings. The van der Waals surface area contributed by atoms with Crippen LogP contribution in [-0.2, 0) is 24.3 Å². The van der Waals surface area contributed by atoms with Crippen LogP contribution in [0, 0.1) is 0 Å². The van der Waals surface area contributed by atoms with E-state index in [9.17, 15) is 4.79 Å². The maximum atomic E-state index is 12.9. The van der Waals surface area contributed by atoms with Gasteiger partial charge in [0.15, 0.2) is 0 Å². The summed E-state index contributed by atoms with van der Waals surface area (Å²) in [6.07, 6.45) is 3.35. The molecule has 0 N–H and O–H groups in total. The number of carbonyl (C=O) groups is 1. The number of nitrogens with zero attached hydrogens (tertiary/aromatic N) is 2. The van der Waals surface area contributed by atoms with Crippen molar-refractivity contribution in [3.05, 3.63) is 88.8 Å². The Morgan fingerprint density at radius 3 is 2.63 bits per heavy atom. The average Bonchev–Trinajstić information content (AvgIpc) is 3.45. The lowest BCUT2D eigenvalue weighted by molar-refractivity contribution is -0.132. The van der Waals surface area contributed by atoms with Crippen LogP contribution in [-0.4, -0.2) is 15.8 Å². The molecule has 0 bridgehead atoms. The minimum absolute atomic E-state index is 0.0206. The Labute approximate surface area is 160 Å². The van der Waals surface area contributed by atoms with Gasteiger partial charge in [0.2, 0.25) is 11.8 Å². The third-order valence-electron chi connectivity index (χ3n) is 4.11. The third kappa shape index (κ3) is 4.35. The van der Waals surface area contributed by atoms with Crippen molar-refractivity contribution in [3.63, 3.8) is 0 Å². The summed E-state index contributed by atoms with van der Waals surface area (Å²) in [6, 6.07) is 17.4. The molecular formula is C21H18N2O3S. The van der Waals surface area contributed by atoms with Crippen LogP contribution < -0.4 is 0 Å².